The summed E-state index contributed by atoms with van der Waals surface area (Å²) in [5.41, 5.74) is -0.769. The van der Waals surface area contributed by atoms with Gasteiger partial charge in [-0.05, 0) is 25.0 Å². The highest BCUT2D eigenvalue weighted by molar-refractivity contribution is 6.44. The van der Waals surface area contributed by atoms with Crippen LogP contribution in [0.1, 0.15) is 33.1 Å². The molecule has 2 N–H and O–H groups in total. The second kappa shape index (κ2) is 7.34. The van der Waals surface area contributed by atoms with Gasteiger partial charge in [-0.1, -0.05) is 48.7 Å². The van der Waals surface area contributed by atoms with Gasteiger partial charge in [-0.3, -0.25) is 9.59 Å². The van der Waals surface area contributed by atoms with Gasteiger partial charge in [-0.25, -0.2) is 0 Å². The maximum atomic E-state index is 12.1. The number of carboxylic acid groups (broad SMARTS) is 1. The minimum atomic E-state index is -1.08. The zero-order valence-electron chi connectivity index (χ0n) is 11.7. The van der Waals surface area contributed by atoms with E-state index in [4.69, 9.17) is 34.8 Å². The van der Waals surface area contributed by atoms with Crippen molar-refractivity contribution in [2.75, 3.05) is 5.32 Å². The number of benzene rings is 1. The number of hydrogen-bond acceptors (Lipinski definition) is 2. The first-order chi connectivity index (χ1) is 9.75. The van der Waals surface area contributed by atoms with Crippen molar-refractivity contribution in [3.8, 4) is 0 Å². The lowest BCUT2D eigenvalue weighted by Crippen LogP contribution is -2.34. The minimum absolute atomic E-state index is 0.133. The van der Waals surface area contributed by atoms with Crippen LogP contribution in [0.15, 0.2) is 12.1 Å². The fraction of sp³-hybridized carbons (Fsp3) is 0.429. The number of carbonyl (C=O) groups is 2. The number of rotatable bonds is 6. The molecule has 1 aromatic carbocycles. The van der Waals surface area contributed by atoms with Crippen molar-refractivity contribution in [2.24, 2.45) is 5.41 Å². The van der Waals surface area contributed by atoms with Crippen LogP contribution in [0.5, 0.6) is 0 Å². The summed E-state index contributed by atoms with van der Waals surface area (Å²) >= 11 is 17.7. The van der Waals surface area contributed by atoms with Crippen LogP contribution >= 0.6 is 34.8 Å². The van der Waals surface area contributed by atoms with Gasteiger partial charge in [0.25, 0.3) is 0 Å². The highest BCUT2D eigenvalue weighted by Gasteiger charge is 2.37. The number of amides is 1. The Morgan fingerprint density at radius 1 is 1.10 bits per heavy atom. The summed E-state index contributed by atoms with van der Waals surface area (Å²) in [7, 11) is 0. The van der Waals surface area contributed by atoms with Crippen LogP contribution in [0.3, 0.4) is 0 Å². The van der Waals surface area contributed by atoms with E-state index in [0.29, 0.717) is 18.5 Å². The molecule has 0 radical (unpaired) electrons. The van der Waals surface area contributed by atoms with Gasteiger partial charge < -0.3 is 10.4 Å². The Bertz CT molecular complexity index is 557. The molecule has 116 valence electrons. The van der Waals surface area contributed by atoms with Crippen LogP contribution in [0.25, 0.3) is 0 Å². The van der Waals surface area contributed by atoms with Crippen LogP contribution in [0.4, 0.5) is 5.69 Å². The largest absolute Gasteiger partial charge is 0.481 e. The molecule has 0 saturated heterocycles. The van der Waals surface area contributed by atoms with E-state index in [2.05, 4.69) is 5.32 Å². The smallest absolute Gasteiger partial charge is 0.310 e. The number of anilines is 1. The quantitative estimate of drug-likeness (QED) is 0.718. The topological polar surface area (TPSA) is 66.4 Å². The van der Waals surface area contributed by atoms with Crippen LogP contribution < -0.4 is 5.32 Å². The van der Waals surface area contributed by atoms with Gasteiger partial charge in [0.05, 0.1) is 26.2 Å². The average molecular weight is 353 g/mol. The highest BCUT2D eigenvalue weighted by atomic mass is 35.5. The molecule has 0 spiro atoms. The summed E-state index contributed by atoms with van der Waals surface area (Å²) in [5.74, 6) is -1.41. The van der Waals surface area contributed by atoms with E-state index < -0.39 is 17.3 Å². The summed E-state index contributed by atoms with van der Waals surface area (Å²) in [6.07, 6.45) is 0.592. The van der Waals surface area contributed by atoms with Crippen molar-refractivity contribution >= 4 is 52.4 Å². The van der Waals surface area contributed by atoms with E-state index in [1.165, 1.54) is 12.1 Å². The van der Waals surface area contributed by atoms with E-state index in [0.717, 1.165) is 0 Å². The van der Waals surface area contributed by atoms with Gasteiger partial charge in [-0.15, -0.1) is 0 Å². The summed E-state index contributed by atoms with van der Waals surface area (Å²) in [4.78, 5) is 23.5. The van der Waals surface area contributed by atoms with Crippen molar-refractivity contribution in [3.63, 3.8) is 0 Å². The Hall–Kier alpha value is -0.970. The van der Waals surface area contributed by atoms with Crippen molar-refractivity contribution in [3.05, 3.63) is 27.2 Å². The van der Waals surface area contributed by atoms with Gasteiger partial charge in [0.1, 0.15) is 0 Å². The lowest BCUT2D eigenvalue weighted by molar-refractivity contribution is -0.151. The maximum absolute atomic E-state index is 12.1. The second-order valence-electron chi connectivity index (χ2n) is 4.76. The average Bonchev–Trinajstić information content (AvgIpc) is 2.42. The molecule has 4 nitrogen and oxygen atoms in total. The Morgan fingerprint density at radius 3 is 2.10 bits per heavy atom. The zero-order chi connectivity index (χ0) is 16.2. The fourth-order valence-electron chi connectivity index (χ4n) is 2.00. The van der Waals surface area contributed by atoms with E-state index >= 15 is 0 Å². The molecule has 0 aliphatic carbocycles. The van der Waals surface area contributed by atoms with Gasteiger partial charge in [0, 0.05) is 6.42 Å². The van der Waals surface area contributed by atoms with Crippen molar-refractivity contribution < 1.29 is 14.7 Å². The van der Waals surface area contributed by atoms with Gasteiger partial charge >= 0.3 is 5.97 Å². The number of carbonyl (C=O) groups excluding carboxylic acids is 1. The van der Waals surface area contributed by atoms with Crippen LogP contribution in [0.2, 0.25) is 15.1 Å². The highest BCUT2D eigenvalue weighted by Crippen LogP contribution is 2.34. The molecule has 7 heteroatoms. The van der Waals surface area contributed by atoms with E-state index in [9.17, 15) is 14.7 Å². The summed E-state index contributed by atoms with van der Waals surface area (Å²) < 4.78 is 0. The number of halogens is 3. The predicted octanol–water partition coefficient (Wildman–Crippen LogP) is 4.87. The number of nitrogens with one attached hydrogen (secondary N) is 1. The monoisotopic (exact) mass is 351 g/mol. The Kier molecular flexibility index (Phi) is 6.32. The molecule has 0 fully saturated rings. The molecule has 0 bridgehead atoms. The molecule has 0 aromatic heterocycles. The van der Waals surface area contributed by atoms with E-state index in [1.807, 2.05) is 0 Å². The summed E-state index contributed by atoms with van der Waals surface area (Å²) in [6.45, 7) is 3.49. The predicted molar refractivity (Wildman–Crippen MR) is 85.4 cm³/mol. The third-order valence-corrected chi connectivity index (χ3v) is 4.63. The van der Waals surface area contributed by atoms with E-state index in [-0.39, 0.29) is 21.5 Å². The second-order valence-corrected chi connectivity index (χ2v) is 5.99. The number of hydrogen-bond donors (Lipinski definition) is 2. The van der Waals surface area contributed by atoms with Crippen LogP contribution in [-0.2, 0) is 9.59 Å². The van der Waals surface area contributed by atoms with Crippen LogP contribution in [0, 0.1) is 5.41 Å². The van der Waals surface area contributed by atoms with Crippen molar-refractivity contribution in [2.45, 2.75) is 33.1 Å². The van der Waals surface area contributed by atoms with Crippen LogP contribution in [-0.4, -0.2) is 17.0 Å². The lowest BCUT2D eigenvalue weighted by Gasteiger charge is -2.26. The molecule has 0 aliphatic heterocycles. The van der Waals surface area contributed by atoms with Gasteiger partial charge in [-0.2, -0.15) is 0 Å². The molecule has 0 heterocycles. The van der Waals surface area contributed by atoms with E-state index in [1.54, 1.807) is 13.8 Å². The lowest BCUT2D eigenvalue weighted by atomic mass is 9.79. The Balaban J connectivity index is 2.92. The molecular formula is C14H16Cl3NO3. The molecule has 0 unspecified atom stereocenters. The standard InChI is InChI=1S/C14H16Cl3NO3/c1-3-14(4-2,13(20)21)7-12(19)18-11-6-9(16)8(15)5-10(11)17/h5-6H,3-4,7H2,1-2H3,(H,18,19)(H,20,21). The zero-order valence-corrected chi connectivity index (χ0v) is 13.9. The molecule has 1 rings (SSSR count). The molecule has 0 aliphatic rings. The first-order valence-electron chi connectivity index (χ1n) is 6.43. The fourth-order valence-corrected chi connectivity index (χ4v) is 2.59. The van der Waals surface area contributed by atoms with Crippen molar-refractivity contribution in [1.82, 2.24) is 0 Å². The molecule has 1 amide bonds. The molecule has 0 saturated carbocycles. The molecule has 1 aromatic rings. The minimum Gasteiger partial charge on any atom is -0.481 e. The maximum Gasteiger partial charge on any atom is 0.310 e. The first kappa shape index (κ1) is 18.1. The number of carboxylic acids is 1. The van der Waals surface area contributed by atoms with Crippen molar-refractivity contribution in [1.29, 1.82) is 0 Å². The summed E-state index contributed by atoms with van der Waals surface area (Å²) in [6, 6.07) is 2.86. The summed E-state index contributed by atoms with van der Waals surface area (Å²) in [5, 5.41) is 12.7. The Labute approximate surface area is 138 Å². The van der Waals surface area contributed by atoms with Gasteiger partial charge in [0.15, 0.2) is 0 Å². The van der Waals surface area contributed by atoms with Gasteiger partial charge in [0.2, 0.25) is 5.91 Å². The normalized spacial score (nSPS) is 11.3. The third kappa shape index (κ3) is 4.25. The molecule has 21 heavy (non-hydrogen) atoms. The molecular weight excluding hydrogens is 337 g/mol. The third-order valence-electron chi connectivity index (χ3n) is 3.59. The molecule has 0 atom stereocenters. The first-order valence-corrected chi connectivity index (χ1v) is 7.57. The number of aliphatic carboxylic acids is 1. The Morgan fingerprint density at radius 2 is 1.62 bits per heavy atom. The SMILES string of the molecule is CCC(CC)(CC(=O)Nc1cc(Cl)c(Cl)cc1Cl)C(=O)O.